The van der Waals surface area contributed by atoms with Crippen molar-refractivity contribution in [2.24, 2.45) is 11.7 Å². The Morgan fingerprint density at radius 3 is 2.88 bits per heavy atom. The second kappa shape index (κ2) is 6.24. The summed E-state index contributed by atoms with van der Waals surface area (Å²) in [5.41, 5.74) is 6.41. The molecule has 17 heavy (non-hydrogen) atoms. The first-order chi connectivity index (χ1) is 8.06. The third-order valence-electron chi connectivity index (χ3n) is 2.31. The first-order valence-corrected chi connectivity index (χ1v) is 5.64. The first kappa shape index (κ1) is 13.5. The van der Waals surface area contributed by atoms with Gasteiger partial charge in [-0.15, -0.1) is 0 Å². The molecule has 1 aromatic carbocycles. The van der Waals surface area contributed by atoms with E-state index in [-0.39, 0.29) is 11.8 Å². The molecule has 0 bridgehead atoms. The molecular formula is C12H14ClN3O. The SMILES string of the molecule is CC(CN)CC(=O)Nc1ccc(C#N)cc1Cl. The molecule has 1 rings (SSSR count). The molecule has 0 aliphatic heterocycles. The van der Waals surface area contributed by atoms with Gasteiger partial charge in [0, 0.05) is 6.42 Å². The van der Waals surface area contributed by atoms with Crippen molar-refractivity contribution in [2.75, 3.05) is 11.9 Å². The number of nitrogens with zero attached hydrogens (tertiary/aromatic N) is 1. The average Bonchev–Trinajstić information content (AvgIpc) is 2.31. The summed E-state index contributed by atoms with van der Waals surface area (Å²) in [5, 5.41) is 11.7. The minimum atomic E-state index is -0.130. The van der Waals surface area contributed by atoms with Gasteiger partial charge >= 0.3 is 0 Å². The number of nitriles is 1. The van der Waals surface area contributed by atoms with E-state index < -0.39 is 0 Å². The lowest BCUT2D eigenvalue weighted by Crippen LogP contribution is -2.20. The number of halogens is 1. The van der Waals surface area contributed by atoms with Gasteiger partial charge in [-0.25, -0.2) is 0 Å². The van der Waals surface area contributed by atoms with Crippen LogP contribution in [-0.2, 0) is 4.79 Å². The van der Waals surface area contributed by atoms with Gasteiger partial charge in [0.15, 0.2) is 0 Å². The summed E-state index contributed by atoms with van der Waals surface area (Å²) in [5.74, 6) is 0.00159. The third-order valence-corrected chi connectivity index (χ3v) is 2.62. The van der Waals surface area contributed by atoms with E-state index in [1.807, 2.05) is 13.0 Å². The molecule has 0 spiro atoms. The van der Waals surface area contributed by atoms with Crippen LogP contribution in [0.4, 0.5) is 5.69 Å². The van der Waals surface area contributed by atoms with Crippen LogP contribution >= 0.6 is 11.6 Å². The highest BCUT2D eigenvalue weighted by Gasteiger charge is 2.09. The highest BCUT2D eigenvalue weighted by Crippen LogP contribution is 2.23. The van der Waals surface area contributed by atoms with E-state index >= 15 is 0 Å². The fourth-order valence-electron chi connectivity index (χ4n) is 1.29. The lowest BCUT2D eigenvalue weighted by atomic mass is 10.1. The van der Waals surface area contributed by atoms with E-state index in [0.717, 1.165) is 0 Å². The zero-order valence-corrected chi connectivity index (χ0v) is 10.3. The smallest absolute Gasteiger partial charge is 0.224 e. The summed E-state index contributed by atoms with van der Waals surface area (Å²) in [6.07, 6.45) is 0.354. The molecule has 0 aromatic heterocycles. The lowest BCUT2D eigenvalue weighted by molar-refractivity contribution is -0.116. The second-order valence-electron chi connectivity index (χ2n) is 3.90. The van der Waals surface area contributed by atoms with Gasteiger partial charge in [-0.3, -0.25) is 4.79 Å². The number of rotatable bonds is 4. The van der Waals surface area contributed by atoms with Crippen LogP contribution in [0.1, 0.15) is 18.9 Å². The maximum atomic E-state index is 11.6. The summed E-state index contributed by atoms with van der Waals surface area (Å²) in [7, 11) is 0. The molecule has 1 amide bonds. The highest BCUT2D eigenvalue weighted by atomic mass is 35.5. The van der Waals surface area contributed by atoms with E-state index in [2.05, 4.69) is 5.32 Å². The van der Waals surface area contributed by atoms with Crippen molar-refractivity contribution >= 4 is 23.2 Å². The zero-order valence-electron chi connectivity index (χ0n) is 9.53. The Kier molecular flexibility index (Phi) is 4.95. The average molecular weight is 252 g/mol. The Bertz CT molecular complexity index is 454. The predicted octanol–water partition coefficient (Wildman–Crippen LogP) is 2.14. The van der Waals surface area contributed by atoms with E-state index in [1.165, 1.54) is 6.07 Å². The molecule has 90 valence electrons. The van der Waals surface area contributed by atoms with Crippen molar-refractivity contribution in [1.82, 2.24) is 0 Å². The van der Waals surface area contributed by atoms with Crippen LogP contribution in [0, 0.1) is 17.2 Å². The molecule has 4 nitrogen and oxygen atoms in total. The number of amides is 1. The number of anilines is 1. The molecule has 5 heteroatoms. The molecule has 3 N–H and O–H groups in total. The number of hydrogen-bond donors (Lipinski definition) is 2. The lowest BCUT2D eigenvalue weighted by Gasteiger charge is -2.10. The number of nitrogens with two attached hydrogens (primary N) is 1. The molecule has 0 fully saturated rings. The van der Waals surface area contributed by atoms with Crippen LogP contribution in [0.2, 0.25) is 5.02 Å². The summed E-state index contributed by atoms with van der Waals surface area (Å²) < 4.78 is 0. The molecule has 0 saturated carbocycles. The third kappa shape index (κ3) is 4.06. The zero-order chi connectivity index (χ0) is 12.8. The van der Waals surface area contributed by atoms with Crippen LogP contribution in [0.25, 0.3) is 0 Å². The van der Waals surface area contributed by atoms with Gasteiger partial charge in [0.05, 0.1) is 22.3 Å². The van der Waals surface area contributed by atoms with Crippen molar-refractivity contribution in [1.29, 1.82) is 5.26 Å². The van der Waals surface area contributed by atoms with Crippen LogP contribution < -0.4 is 11.1 Å². The predicted molar refractivity (Wildman–Crippen MR) is 67.6 cm³/mol. The molecule has 0 saturated heterocycles. The number of carbonyl (C=O) groups is 1. The molecule has 0 aliphatic rings. The standard InChI is InChI=1S/C12H14ClN3O/c1-8(6-14)4-12(17)16-11-3-2-9(7-15)5-10(11)13/h2-3,5,8H,4,6,14H2,1H3,(H,16,17). The minimum Gasteiger partial charge on any atom is -0.330 e. The molecule has 1 unspecified atom stereocenters. The normalized spacial score (nSPS) is 11.6. The molecule has 0 heterocycles. The Morgan fingerprint density at radius 2 is 2.35 bits per heavy atom. The number of nitrogens with one attached hydrogen (secondary N) is 1. The van der Waals surface area contributed by atoms with Crippen LogP contribution in [-0.4, -0.2) is 12.5 Å². The largest absolute Gasteiger partial charge is 0.330 e. The van der Waals surface area contributed by atoms with Gasteiger partial charge < -0.3 is 11.1 Å². The van der Waals surface area contributed by atoms with Crippen molar-refractivity contribution < 1.29 is 4.79 Å². The summed E-state index contributed by atoms with van der Waals surface area (Å²) in [4.78, 5) is 11.6. The number of hydrogen-bond acceptors (Lipinski definition) is 3. The van der Waals surface area contributed by atoms with Gasteiger partial charge in [0.2, 0.25) is 5.91 Å². The highest BCUT2D eigenvalue weighted by molar-refractivity contribution is 6.33. The topological polar surface area (TPSA) is 78.9 Å². The van der Waals surface area contributed by atoms with Gasteiger partial charge in [0.1, 0.15) is 0 Å². The van der Waals surface area contributed by atoms with E-state index in [9.17, 15) is 4.79 Å². The Labute approximate surface area is 105 Å². The van der Waals surface area contributed by atoms with E-state index in [0.29, 0.717) is 29.2 Å². The quantitative estimate of drug-likeness (QED) is 0.860. The second-order valence-corrected chi connectivity index (χ2v) is 4.31. The van der Waals surface area contributed by atoms with Crippen molar-refractivity contribution in [3.8, 4) is 6.07 Å². The number of carbonyl (C=O) groups excluding carboxylic acids is 1. The van der Waals surface area contributed by atoms with Crippen molar-refractivity contribution in [3.63, 3.8) is 0 Å². The molecule has 0 aliphatic carbocycles. The summed E-state index contributed by atoms with van der Waals surface area (Å²) >= 11 is 5.93. The Hall–Kier alpha value is -1.57. The monoisotopic (exact) mass is 251 g/mol. The van der Waals surface area contributed by atoms with Gasteiger partial charge in [-0.05, 0) is 30.7 Å². The van der Waals surface area contributed by atoms with E-state index in [4.69, 9.17) is 22.6 Å². The Morgan fingerprint density at radius 1 is 1.65 bits per heavy atom. The van der Waals surface area contributed by atoms with E-state index in [1.54, 1.807) is 12.1 Å². The Balaban J connectivity index is 2.69. The van der Waals surface area contributed by atoms with Crippen LogP contribution in [0.5, 0.6) is 0 Å². The molecular weight excluding hydrogens is 238 g/mol. The molecule has 1 aromatic rings. The minimum absolute atomic E-state index is 0.130. The fraction of sp³-hybridized carbons (Fsp3) is 0.333. The summed E-state index contributed by atoms with van der Waals surface area (Å²) in [6, 6.07) is 6.72. The van der Waals surface area contributed by atoms with Crippen molar-refractivity contribution in [2.45, 2.75) is 13.3 Å². The van der Waals surface area contributed by atoms with Crippen LogP contribution in [0.15, 0.2) is 18.2 Å². The number of benzene rings is 1. The van der Waals surface area contributed by atoms with Crippen LogP contribution in [0.3, 0.4) is 0 Å². The van der Waals surface area contributed by atoms with Crippen molar-refractivity contribution in [3.05, 3.63) is 28.8 Å². The fourth-order valence-corrected chi connectivity index (χ4v) is 1.51. The summed E-state index contributed by atoms with van der Waals surface area (Å²) in [6.45, 7) is 2.37. The molecule has 0 radical (unpaired) electrons. The maximum Gasteiger partial charge on any atom is 0.224 e. The van der Waals surface area contributed by atoms with Gasteiger partial charge in [-0.2, -0.15) is 5.26 Å². The van der Waals surface area contributed by atoms with Gasteiger partial charge in [0.25, 0.3) is 0 Å². The first-order valence-electron chi connectivity index (χ1n) is 5.26. The molecule has 1 atom stereocenters. The van der Waals surface area contributed by atoms with Gasteiger partial charge in [-0.1, -0.05) is 18.5 Å². The maximum absolute atomic E-state index is 11.6.